The second kappa shape index (κ2) is 9.17. The molecule has 0 saturated carbocycles. The Labute approximate surface area is 215 Å². The summed E-state index contributed by atoms with van der Waals surface area (Å²) < 4.78 is 6.31. The Morgan fingerprint density at radius 2 is 1.92 bits per heavy atom. The summed E-state index contributed by atoms with van der Waals surface area (Å²) in [5, 5.41) is 3.52. The van der Waals surface area contributed by atoms with Crippen LogP contribution in [0.2, 0.25) is 5.02 Å². The van der Waals surface area contributed by atoms with Crippen molar-refractivity contribution >= 4 is 34.8 Å². The molecule has 0 fully saturated rings. The number of benzene rings is 1. The third kappa shape index (κ3) is 4.65. The molecule has 36 heavy (non-hydrogen) atoms. The molecule has 2 aliphatic rings. The number of nitrogens with zero attached hydrogens (tertiary/aromatic N) is 2. The molecule has 2 atom stereocenters. The monoisotopic (exact) mass is 501 g/mol. The van der Waals surface area contributed by atoms with Crippen molar-refractivity contribution in [1.29, 1.82) is 0 Å². The van der Waals surface area contributed by atoms with Crippen LogP contribution in [0.25, 0.3) is 11.3 Å². The first-order valence-corrected chi connectivity index (χ1v) is 12.4. The number of carbonyl (C=O) groups is 2. The molecule has 2 aromatic heterocycles. The van der Waals surface area contributed by atoms with Crippen molar-refractivity contribution in [3.63, 3.8) is 0 Å². The second-order valence-electron chi connectivity index (χ2n) is 10.4. The number of Topliss-reactive ketones (excluding diaryl/α,β-unsaturated/α-hetero) is 1. The van der Waals surface area contributed by atoms with E-state index in [9.17, 15) is 9.59 Å². The number of aliphatic imine (C=N–C) groups is 1. The number of halogens is 1. The summed E-state index contributed by atoms with van der Waals surface area (Å²) in [6.07, 6.45) is 2.76. The Balaban J connectivity index is 1.58. The number of allylic oxidation sites excluding steroid dienone is 2. The molecule has 6 nitrogen and oxygen atoms in total. The van der Waals surface area contributed by atoms with Crippen LogP contribution in [0.5, 0.6) is 0 Å². The number of aromatic nitrogens is 1. The van der Waals surface area contributed by atoms with Gasteiger partial charge in [-0.05, 0) is 61.6 Å². The fourth-order valence-corrected chi connectivity index (χ4v) is 5.35. The van der Waals surface area contributed by atoms with E-state index in [0.717, 1.165) is 16.8 Å². The van der Waals surface area contributed by atoms with Crippen LogP contribution in [0.3, 0.4) is 0 Å². The molecule has 3 heterocycles. The number of rotatable bonds is 4. The average molecular weight is 502 g/mol. The van der Waals surface area contributed by atoms with Gasteiger partial charge in [0.15, 0.2) is 5.78 Å². The zero-order chi connectivity index (χ0) is 25.6. The molecule has 7 heteroatoms. The summed E-state index contributed by atoms with van der Waals surface area (Å²) in [6, 6.07) is 14.7. The van der Waals surface area contributed by atoms with Gasteiger partial charge in [0.2, 0.25) is 5.91 Å². The van der Waals surface area contributed by atoms with Crippen molar-refractivity contribution < 1.29 is 14.0 Å². The Morgan fingerprint density at radius 1 is 1.11 bits per heavy atom. The average Bonchev–Trinajstić information content (AvgIpc) is 3.29. The summed E-state index contributed by atoms with van der Waals surface area (Å²) in [5.41, 5.74) is 3.59. The Bertz CT molecular complexity index is 1420. The largest absolute Gasteiger partial charge is 0.460 e. The topological polar surface area (TPSA) is 84.6 Å². The maximum absolute atomic E-state index is 13.7. The second-order valence-corrected chi connectivity index (χ2v) is 10.9. The first-order chi connectivity index (χ1) is 17.1. The zero-order valence-electron chi connectivity index (χ0n) is 20.8. The predicted molar refractivity (Wildman–Crippen MR) is 141 cm³/mol. The highest BCUT2D eigenvalue weighted by molar-refractivity contribution is 6.30. The standard InChI is InChI=1S/C29H28ClN3O3/c1-16-8-11-24(31-15-16)33-28(35)25-17(2)32-20-13-29(3,4)14-21(34)26(20)27(25)23-10-9-22(36-23)18-6-5-7-19(30)12-18/h5-12,15,25,27H,13-14H2,1-4H3,(H,31,33,35). The number of nitrogens with one attached hydrogen (secondary N) is 1. The van der Waals surface area contributed by atoms with Crippen LogP contribution >= 0.6 is 11.6 Å². The van der Waals surface area contributed by atoms with Gasteiger partial charge in [-0.15, -0.1) is 0 Å². The number of amides is 1. The molecule has 1 amide bonds. The molecule has 1 aromatic carbocycles. The van der Waals surface area contributed by atoms with Crippen molar-refractivity contribution in [2.75, 3.05) is 5.32 Å². The lowest BCUT2D eigenvalue weighted by atomic mass is 9.68. The van der Waals surface area contributed by atoms with E-state index in [0.29, 0.717) is 46.5 Å². The molecular formula is C29H28ClN3O3. The highest BCUT2D eigenvalue weighted by Gasteiger charge is 2.46. The van der Waals surface area contributed by atoms with Crippen LogP contribution in [0.4, 0.5) is 5.82 Å². The van der Waals surface area contributed by atoms with Gasteiger partial charge in [0.1, 0.15) is 17.3 Å². The van der Waals surface area contributed by atoms with Gasteiger partial charge >= 0.3 is 0 Å². The van der Waals surface area contributed by atoms with Crippen LogP contribution in [0.15, 0.2) is 75.4 Å². The lowest BCUT2D eigenvalue weighted by Crippen LogP contribution is -2.41. The van der Waals surface area contributed by atoms with Crippen molar-refractivity contribution in [3.8, 4) is 11.3 Å². The molecule has 5 rings (SSSR count). The third-order valence-electron chi connectivity index (χ3n) is 6.79. The van der Waals surface area contributed by atoms with E-state index in [4.69, 9.17) is 21.0 Å². The van der Waals surface area contributed by atoms with E-state index in [1.807, 2.05) is 50.2 Å². The van der Waals surface area contributed by atoms with Crippen LogP contribution < -0.4 is 5.32 Å². The Kier molecular flexibility index (Phi) is 6.17. The van der Waals surface area contributed by atoms with Crippen LogP contribution in [0.1, 0.15) is 50.9 Å². The van der Waals surface area contributed by atoms with Gasteiger partial charge in [0.25, 0.3) is 0 Å². The number of aryl methyl sites for hydroxylation is 1. The normalized spacial score (nSPS) is 21.1. The maximum Gasteiger partial charge on any atom is 0.235 e. The van der Waals surface area contributed by atoms with Gasteiger partial charge in [-0.3, -0.25) is 14.6 Å². The number of ketones is 1. The summed E-state index contributed by atoms with van der Waals surface area (Å²) in [6.45, 7) is 7.92. The van der Waals surface area contributed by atoms with Gasteiger partial charge < -0.3 is 9.73 Å². The highest BCUT2D eigenvalue weighted by atomic mass is 35.5. The van der Waals surface area contributed by atoms with Gasteiger partial charge in [0, 0.05) is 40.2 Å². The van der Waals surface area contributed by atoms with Crippen LogP contribution in [-0.2, 0) is 9.59 Å². The molecule has 0 spiro atoms. The molecular weight excluding hydrogens is 474 g/mol. The van der Waals surface area contributed by atoms with E-state index in [1.165, 1.54) is 0 Å². The van der Waals surface area contributed by atoms with E-state index in [1.54, 1.807) is 18.3 Å². The van der Waals surface area contributed by atoms with Crippen molar-refractivity contribution in [1.82, 2.24) is 4.98 Å². The smallest absolute Gasteiger partial charge is 0.235 e. The number of pyridine rings is 1. The molecule has 1 N–H and O–H groups in total. The summed E-state index contributed by atoms with van der Waals surface area (Å²) in [4.78, 5) is 36.3. The fourth-order valence-electron chi connectivity index (χ4n) is 5.16. The van der Waals surface area contributed by atoms with E-state index in [-0.39, 0.29) is 17.1 Å². The Morgan fingerprint density at radius 3 is 2.64 bits per heavy atom. The maximum atomic E-state index is 13.7. The Hall–Kier alpha value is -3.51. The molecule has 1 aliphatic carbocycles. The SMILES string of the molecule is CC1=NC2=C(C(=O)CC(C)(C)C2)C(c2ccc(-c3cccc(Cl)c3)o2)C1C(=O)Nc1ccc(C)cn1. The quantitative estimate of drug-likeness (QED) is 0.428. The molecule has 0 radical (unpaired) electrons. The van der Waals surface area contributed by atoms with Gasteiger partial charge in [-0.2, -0.15) is 0 Å². The number of anilines is 1. The summed E-state index contributed by atoms with van der Waals surface area (Å²) >= 11 is 6.19. The van der Waals surface area contributed by atoms with Crippen molar-refractivity contribution in [2.24, 2.45) is 16.3 Å². The predicted octanol–water partition coefficient (Wildman–Crippen LogP) is 6.76. The van der Waals surface area contributed by atoms with E-state index in [2.05, 4.69) is 24.1 Å². The molecule has 2 unspecified atom stereocenters. The number of furan rings is 1. The first kappa shape index (κ1) is 24.2. The summed E-state index contributed by atoms with van der Waals surface area (Å²) in [5.74, 6) is 0.0634. The third-order valence-corrected chi connectivity index (χ3v) is 7.02. The molecule has 0 saturated heterocycles. The summed E-state index contributed by atoms with van der Waals surface area (Å²) in [7, 11) is 0. The molecule has 0 bridgehead atoms. The van der Waals surface area contributed by atoms with Crippen molar-refractivity contribution in [3.05, 3.63) is 82.3 Å². The number of carbonyl (C=O) groups excluding carboxylic acids is 2. The van der Waals surface area contributed by atoms with Gasteiger partial charge in [0.05, 0.1) is 11.8 Å². The lowest BCUT2D eigenvalue weighted by Gasteiger charge is -2.38. The fraction of sp³-hybridized carbons (Fsp3) is 0.310. The minimum absolute atomic E-state index is 0.00877. The number of hydrogen-bond donors (Lipinski definition) is 1. The first-order valence-electron chi connectivity index (χ1n) is 12.0. The molecule has 184 valence electrons. The lowest BCUT2D eigenvalue weighted by molar-refractivity contribution is -0.119. The van der Waals surface area contributed by atoms with Gasteiger partial charge in [-0.25, -0.2) is 4.98 Å². The van der Waals surface area contributed by atoms with E-state index >= 15 is 0 Å². The van der Waals surface area contributed by atoms with Gasteiger partial charge in [-0.1, -0.05) is 43.6 Å². The van der Waals surface area contributed by atoms with Crippen LogP contribution in [0, 0.1) is 18.3 Å². The molecule has 1 aliphatic heterocycles. The van der Waals surface area contributed by atoms with E-state index < -0.39 is 11.8 Å². The zero-order valence-corrected chi connectivity index (χ0v) is 21.5. The van der Waals surface area contributed by atoms with Crippen molar-refractivity contribution in [2.45, 2.75) is 46.5 Å². The minimum Gasteiger partial charge on any atom is -0.460 e. The minimum atomic E-state index is -0.713. The van der Waals surface area contributed by atoms with Crippen LogP contribution in [-0.4, -0.2) is 22.4 Å². The number of hydrogen-bond acceptors (Lipinski definition) is 5. The molecule has 3 aromatic rings. The highest BCUT2D eigenvalue weighted by Crippen LogP contribution is 2.48.